The average Bonchev–Trinajstić information content (AvgIpc) is 2.87. The molecule has 4 aromatic carbocycles. The van der Waals surface area contributed by atoms with Gasteiger partial charge >= 0.3 is 0 Å². The first-order valence-electron chi connectivity index (χ1n) is 13.8. The van der Waals surface area contributed by atoms with Crippen molar-refractivity contribution >= 4 is 24.0 Å². The molecule has 0 bridgehead atoms. The largest absolute Gasteiger partial charge is 0.213 e. The highest BCUT2D eigenvalue weighted by atomic mass is 28.3. The summed E-state index contributed by atoms with van der Waals surface area (Å²) in [6.07, 6.45) is 2.19. The predicted octanol–water partition coefficient (Wildman–Crippen LogP) is 8.96. The summed E-state index contributed by atoms with van der Waals surface area (Å²) in [6.45, 7) is 16.2. The predicted molar refractivity (Wildman–Crippen MR) is 168 cm³/mol. The average molecular weight is 533 g/mol. The second kappa shape index (κ2) is 9.88. The molecule has 0 amide bonds. The fourth-order valence-corrected chi connectivity index (χ4v) is 7.46. The van der Waals surface area contributed by atoms with E-state index in [0.717, 1.165) is 16.3 Å². The van der Waals surface area contributed by atoms with E-state index in [2.05, 4.69) is 132 Å². The van der Waals surface area contributed by atoms with Crippen LogP contribution in [0.5, 0.6) is 0 Å². The summed E-state index contributed by atoms with van der Waals surface area (Å²) in [5.74, 6) is -0.195. The highest BCUT2D eigenvalue weighted by molar-refractivity contribution is 6.89. The fourth-order valence-electron chi connectivity index (χ4n) is 5.84. The number of benzene rings is 4. The molecule has 0 atom stereocenters. The molecule has 0 radical (unpaired) electrons. The second-order valence-electron chi connectivity index (χ2n) is 12.8. The minimum atomic E-state index is -1.67. The molecule has 1 nitrogen and oxygen atoms in total. The molecule has 198 valence electrons. The number of hydrogen-bond acceptors (Lipinski definition) is 0. The van der Waals surface area contributed by atoms with Crippen LogP contribution in [0.2, 0.25) is 19.6 Å². The topological polar surface area (TPSA) is 3.88 Å². The van der Waals surface area contributed by atoms with Crippen LogP contribution in [0.3, 0.4) is 0 Å². The summed E-state index contributed by atoms with van der Waals surface area (Å²) in [6, 6.07) is 29.6. The van der Waals surface area contributed by atoms with E-state index >= 15 is 0 Å². The highest BCUT2D eigenvalue weighted by Gasteiger charge is 2.29. The molecule has 5 aromatic rings. The van der Waals surface area contributed by atoms with Gasteiger partial charge in [0, 0.05) is 12.1 Å². The zero-order chi connectivity index (χ0) is 28.1. The first kappa shape index (κ1) is 27.0. The summed E-state index contributed by atoms with van der Waals surface area (Å²) < 4.78 is 16.4. The van der Waals surface area contributed by atoms with E-state index in [9.17, 15) is 4.39 Å². The zero-order valence-corrected chi connectivity index (χ0v) is 25.5. The second-order valence-corrected chi connectivity index (χ2v) is 17.9. The van der Waals surface area contributed by atoms with Crippen molar-refractivity contribution < 1.29 is 8.96 Å². The normalized spacial score (nSPS) is 12.2. The summed E-state index contributed by atoms with van der Waals surface area (Å²) in [5, 5.41) is 3.54. The number of pyridine rings is 1. The Kier molecular flexibility index (Phi) is 6.84. The Morgan fingerprint density at radius 1 is 0.744 bits per heavy atom. The standard InChI is InChI=1S/C36H39FNSi/c1-24-20-28-21-29(37)15-17-31(28)35(36(2,3)4)34(24)32-22-27(18-19-38(32)5)30-16-14-26(23-33(30)39(6,7)8)25-12-10-9-11-13-25/h9-23H,1-8H3/q+1. The lowest BCUT2D eigenvalue weighted by Gasteiger charge is -2.26. The first-order chi connectivity index (χ1) is 18.3. The minimum Gasteiger partial charge on any atom is -0.207 e. The molecule has 1 aromatic heterocycles. The van der Waals surface area contributed by atoms with Gasteiger partial charge in [0.15, 0.2) is 6.20 Å². The van der Waals surface area contributed by atoms with Crippen LogP contribution in [0, 0.1) is 12.7 Å². The van der Waals surface area contributed by atoms with Gasteiger partial charge in [-0.05, 0) is 68.6 Å². The molecule has 0 saturated carbocycles. The molecule has 0 aliphatic heterocycles. The van der Waals surface area contributed by atoms with E-state index < -0.39 is 8.07 Å². The molecule has 39 heavy (non-hydrogen) atoms. The van der Waals surface area contributed by atoms with Crippen LogP contribution in [0.15, 0.2) is 91.1 Å². The van der Waals surface area contributed by atoms with Gasteiger partial charge in [-0.1, -0.05) is 106 Å². The van der Waals surface area contributed by atoms with E-state index in [0.29, 0.717) is 0 Å². The molecule has 5 rings (SSSR count). The van der Waals surface area contributed by atoms with Crippen molar-refractivity contribution in [1.82, 2.24) is 0 Å². The van der Waals surface area contributed by atoms with E-state index in [1.807, 2.05) is 6.07 Å². The summed E-state index contributed by atoms with van der Waals surface area (Å²) in [7, 11) is 0.452. The first-order valence-corrected chi connectivity index (χ1v) is 17.3. The van der Waals surface area contributed by atoms with Gasteiger partial charge < -0.3 is 0 Å². The molecule has 0 N–H and O–H groups in total. The molecule has 0 aliphatic rings. The molecule has 0 fully saturated rings. The fraction of sp³-hybridized carbons (Fsp3) is 0.250. The highest BCUT2D eigenvalue weighted by Crippen LogP contribution is 2.41. The van der Waals surface area contributed by atoms with Crippen LogP contribution in [-0.4, -0.2) is 8.07 Å². The lowest BCUT2D eigenvalue weighted by atomic mass is 9.77. The zero-order valence-electron chi connectivity index (χ0n) is 24.5. The minimum absolute atomic E-state index is 0.124. The molecule has 0 saturated heterocycles. The Balaban J connectivity index is 1.76. The number of nitrogens with zero attached hydrogens (tertiary/aromatic N) is 1. The van der Waals surface area contributed by atoms with Crippen LogP contribution in [0.1, 0.15) is 31.9 Å². The molecule has 1 heterocycles. The molecule has 0 spiro atoms. The quantitative estimate of drug-likeness (QED) is 0.161. The van der Waals surface area contributed by atoms with Crippen LogP contribution in [-0.2, 0) is 12.5 Å². The van der Waals surface area contributed by atoms with Crippen molar-refractivity contribution in [2.45, 2.75) is 52.8 Å². The van der Waals surface area contributed by atoms with Gasteiger partial charge in [0.05, 0.1) is 13.6 Å². The van der Waals surface area contributed by atoms with Crippen molar-refractivity contribution in [3.05, 3.63) is 108 Å². The Bertz CT molecular complexity index is 1690. The molecule has 0 unspecified atom stereocenters. The van der Waals surface area contributed by atoms with E-state index in [4.69, 9.17) is 0 Å². The third-order valence-electron chi connectivity index (χ3n) is 7.70. The van der Waals surface area contributed by atoms with E-state index in [1.165, 1.54) is 44.3 Å². The van der Waals surface area contributed by atoms with Gasteiger partial charge in [-0.3, -0.25) is 0 Å². The Morgan fingerprint density at radius 2 is 1.46 bits per heavy atom. The summed E-state index contributed by atoms with van der Waals surface area (Å²) in [4.78, 5) is 0. The Hall–Kier alpha value is -3.56. The van der Waals surface area contributed by atoms with Crippen molar-refractivity contribution in [2.24, 2.45) is 7.05 Å². The summed E-state index contributed by atoms with van der Waals surface area (Å²) >= 11 is 0. The maximum Gasteiger partial charge on any atom is 0.213 e. The van der Waals surface area contributed by atoms with Gasteiger partial charge in [0.1, 0.15) is 12.9 Å². The number of fused-ring (bicyclic) bond motifs is 1. The van der Waals surface area contributed by atoms with Gasteiger partial charge in [-0.25, -0.2) is 8.96 Å². The molecular formula is C36H39FNSi+. The van der Waals surface area contributed by atoms with Gasteiger partial charge in [-0.15, -0.1) is 0 Å². The molecule has 3 heteroatoms. The van der Waals surface area contributed by atoms with Crippen molar-refractivity contribution in [1.29, 1.82) is 0 Å². The van der Waals surface area contributed by atoms with Crippen molar-refractivity contribution in [2.75, 3.05) is 0 Å². The van der Waals surface area contributed by atoms with Gasteiger partial charge in [-0.2, -0.15) is 0 Å². The maximum absolute atomic E-state index is 14.2. The van der Waals surface area contributed by atoms with Crippen LogP contribution in [0.4, 0.5) is 4.39 Å². The van der Waals surface area contributed by atoms with Crippen LogP contribution in [0.25, 0.3) is 44.3 Å². The van der Waals surface area contributed by atoms with Crippen molar-refractivity contribution in [3.8, 4) is 33.5 Å². The number of aryl methyl sites for hydroxylation is 2. The van der Waals surface area contributed by atoms with Gasteiger partial charge in [0.2, 0.25) is 5.69 Å². The number of rotatable bonds is 4. The Labute approximate surface area is 234 Å². The number of halogens is 1. The monoisotopic (exact) mass is 532 g/mol. The lowest BCUT2D eigenvalue weighted by molar-refractivity contribution is -0.660. The maximum atomic E-state index is 14.2. The number of aromatic nitrogens is 1. The lowest BCUT2D eigenvalue weighted by Crippen LogP contribution is -2.39. The molecule has 0 aliphatic carbocycles. The van der Waals surface area contributed by atoms with Crippen molar-refractivity contribution in [3.63, 3.8) is 0 Å². The summed E-state index contributed by atoms with van der Waals surface area (Å²) in [5.41, 5.74) is 9.78. The third kappa shape index (κ3) is 5.20. The number of hydrogen-bond donors (Lipinski definition) is 0. The van der Waals surface area contributed by atoms with Gasteiger partial charge in [0.25, 0.3) is 0 Å². The molecular weight excluding hydrogens is 493 g/mol. The van der Waals surface area contributed by atoms with E-state index in [-0.39, 0.29) is 11.2 Å². The Morgan fingerprint density at radius 3 is 2.13 bits per heavy atom. The van der Waals surface area contributed by atoms with E-state index in [1.54, 1.807) is 12.1 Å². The van der Waals surface area contributed by atoms with Crippen LogP contribution >= 0.6 is 0 Å². The smallest absolute Gasteiger partial charge is 0.207 e. The third-order valence-corrected chi connectivity index (χ3v) is 9.73. The van der Waals surface area contributed by atoms with Crippen LogP contribution < -0.4 is 9.75 Å². The SMILES string of the molecule is Cc1cc2cc(F)ccc2c(C(C)(C)C)c1-c1cc(-c2ccc(-c3ccccc3)cc2[Si](C)(C)C)cc[n+]1C.